The van der Waals surface area contributed by atoms with Gasteiger partial charge in [-0.05, 0) is 275 Å². The maximum absolute atomic E-state index is 5.44. The van der Waals surface area contributed by atoms with Crippen LogP contribution < -0.4 is 0 Å². The Morgan fingerprint density at radius 2 is 0.533 bits per heavy atom. The van der Waals surface area contributed by atoms with Gasteiger partial charge < -0.3 is 9.13 Å². The molecule has 120 heavy (non-hydrogen) atoms. The molecule has 0 bridgehead atoms. The van der Waals surface area contributed by atoms with Gasteiger partial charge in [-0.15, -0.1) is 70.8 Å². The summed E-state index contributed by atoms with van der Waals surface area (Å²) < 4.78 is 4.65. The van der Waals surface area contributed by atoms with E-state index >= 15 is 0 Å². The second-order valence-electron chi connectivity index (χ2n) is 38.1. The first-order valence-electron chi connectivity index (χ1n) is 43.5. The van der Waals surface area contributed by atoms with Gasteiger partial charge in [0.25, 0.3) is 0 Å². The number of aromatic nitrogens is 4. The van der Waals surface area contributed by atoms with E-state index in [0.717, 1.165) is 69.3 Å². The van der Waals surface area contributed by atoms with Crippen molar-refractivity contribution in [1.82, 2.24) is 19.1 Å². The largest absolute Gasteiger partial charge is 0.339 e. The molecule has 14 aromatic rings. The zero-order chi connectivity index (χ0) is 84.1. The topological polar surface area (TPSA) is 35.6 Å². The molecule has 12 aromatic carbocycles. The van der Waals surface area contributed by atoms with Crippen LogP contribution in [-0.2, 0) is 74.4 Å². The van der Waals surface area contributed by atoms with Crippen LogP contribution in [0.2, 0.25) is 0 Å². The fraction of sp³-hybridized carbons (Fsp3) is 0.316. The predicted octanol–water partition coefficient (Wildman–Crippen LogP) is 31.9. The van der Waals surface area contributed by atoms with Crippen LogP contribution in [-0.4, -0.2) is 19.1 Å². The van der Waals surface area contributed by atoms with Gasteiger partial charge in [0.1, 0.15) is 0 Å². The molecule has 0 aliphatic rings. The minimum Gasteiger partial charge on any atom is -0.339 e. The summed E-state index contributed by atoms with van der Waals surface area (Å²) in [5.41, 5.74) is 41.3. The van der Waals surface area contributed by atoms with E-state index in [9.17, 15) is 0 Å². The molecular formula is C114H126N4PdRh-2. The number of imidazole rings is 2. The van der Waals surface area contributed by atoms with E-state index in [4.69, 9.17) is 9.97 Å². The Morgan fingerprint density at radius 1 is 0.275 bits per heavy atom. The molecule has 0 fully saturated rings. The van der Waals surface area contributed by atoms with Gasteiger partial charge in [0.05, 0.1) is 23.0 Å². The van der Waals surface area contributed by atoms with Crippen LogP contribution in [0, 0.1) is 67.5 Å². The molecule has 6 heteroatoms. The number of aryl methyl sites for hydroxylation is 10. The van der Waals surface area contributed by atoms with Crippen LogP contribution in [0.25, 0.3) is 123 Å². The quantitative estimate of drug-likeness (QED) is 0.0385. The van der Waals surface area contributed by atoms with E-state index < -0.39 is 0 Å². The van der Waals surface area contributed by atoms with Gasteiger partial charge in [-0.2, -0.15) is 0 Å². The van der Waals surface area contributed by atoms with Gasteiger partial charge in [-0.3, -0.25) is 9.97 Å². The molecule has 0 unspecified atom stereocenters. The molecule has 0 spiro atoms. The summed E-state index contributed by atoms with van der Waals surface area (Å²) in [4.78, 5) is 10.9. The maximum atomic E-state index is 5.44. The van der Waals surface area contributed by atoms with Gasteiger partial charge in [0.15, 0.2) is 0 Å². The van der Waals surface area contributed by atoms with Crippen molar-refractivity contribution in [1.29, 1.82) is 0 Å². The van der Waals surface area contributed by atoms with E-state index in [1.54, 1.807) is 0 Å². The Bertz CT molecular complexity index is 5270. The SMILES string of the molecule is CCCCCCc1cc(C)c(-n2cc(-c3cc(C)cc(C)c3)nc2-c2[c-]ccc(-c3cc(-c4ccc(C(C)(C)C)cc4)cc(-c4ccc(C(C)(C)C)cc4)c3)c2)c(C)c1.CCCCCCc1cc(C)c(-n2cc(-c3cc(C)cc(C)c3)nc2-c2[c-]ccc(-c3cc(-c4ccc(C(C)(C)C)cc4)cc(-c4ccc(C(C)(C)C)cc4)c3)c2)c(C)c1.[Pd].[Rh]. The minimum atomic E-state index is 0. The van der Waals surface area contributed by atoms with Crippen molar-refractivity contribution >= 4 is 0 Å². The second-order valence-corrected chi connectivity index (χ2v) is 38.1. The summed E-state index contributed by atoms with van der Waals surface area (Å²) in [6.45, 7) is 49.5. The zero-order valence-electron chi connectivity index (χ0n) is 75.6. The molecule has 0 aliphatic heterocycles. The number of benzene rings is 12. The minimum absolute atomic E-state index is 0. The molecule has 0 saturated heterocycles. The number of hydrogen-bond acceptors (Lipinski definition) is 2. The smallest absolute Gasteiger partial charge is 0.0772 e. The Labute approximate surface area is 747 Å². The summed E-state index contributed by atoms with van der Waals surface area (Å²) in [5.74, 6) is 1.80. The standard InChI is InChI=1S/2C57H63N2.Pd.Rh/c2*1-12-13-14-15-17-42-31-40(4)54(41(5)32-42)59-37-53(50-29-38(2)28-39(3)30-50)58-55(59)46-19-16-18-45(33-46)49-35-47(43-20-24-51(25-21-43)56(6,7)8)34-48(36-49)44-22-26-52(27-23-44)57(9,10)11;;/h2*16,18,20-37H,12-15,17H2,1-11H3;;/q2*-1;;. The molecule has 0 N–H and O–H groups in total. The van der Waals surface area contributed by atoms with E-state index in [-0.39, 0.29) is 61.6 Å². The normalized spacial score (nSPS) is 11.8. The first-order valence-corrected chi connectivity index (χ1v) is 43.5. The molecular weight excluding hydrogens is 1630 g/mol. The van der Waals surface area contributed by atoms with E-state index in [0.29, 0.717) is 0 Å². The summed E-state index contributed by atoms with van der Waals surface area (Å²) in [7, 11) is 0. The molecule has 4 nitrogen and oxygen atoms in total. The third kappa shape index (κ3) is 22.0. The van der Waals surface area contributed by atoms with Gasteiger partial charge in [0.2, 0.25) is 0 Å². The Hall–Kier alpha value is -9.65. The number of nitrogens with zero attached hydrogens (tertiary/aromatic N) is 4. The van der Waals surface area contributed by atoms with E-state index in [1.165, 1.54) is 196 Å². The second kappa shape index (κ2) is 38.6. The summed E-state index contributed by atoms with van der Waals surface area (Å²) in [6, 6.07) is 94.0. The van der Waals surface area contributed by atoms with Gasteiger partial charge in [-0.1, -0.05) is 291 Å². The molecule has 2 aromatic heterocycles. The average molecular weight is 1760 g/mol. The summed E-state index contributed by atoms with van der Waals surface area (Å²) >= 11 is 0. The fourth-order valence-corrected chi connectivity index (χ4v) is 17.1. The van der Waals surface area contributed by atoms with Crippen molar-refractivity contribution in [2.75, 3.05) is 0 Å². The fourth-order valence-electron chi connectivity index (χ4n) is 17.1. The van der Waals surface area contributed by atoms with Crippen molar-refractivity contribution in [3.8, 4) is 123 Å². The number of hydrogen-bond donors (Lipinski definition) is 0. The van der Waals surface area contributed by atoms with E-state index in [2.05, 4.69) is 417 Å². The third-order valence-corrected chi connectivity index (χ3v) is 23.6. The summed E-state index contributed by atoms with van der Waals surface area (Å²) in [6.07, 6.45) is 16.8. The molecule has 0 aliphatic carbocycles. The summed E-state index contributed by atoms with van der Waals surface area (Å²) in [5, 5.41) is 0. The monoisotopic (exact) mass is 1760 g/mol. The first-order chi connectivity index (χ1) is 56.1. The molecule has 0 saturated carbocycles. The van der Waals surface area contributed by atoms with Gasteiger partial charge in [0, 0.05) is 74.8 Å². The van der Waals surface area contributed by atoms with E-state index in [1.807, 2.05) is 0 Å². The van der Waals surface area contributed by atoms with Gasteiger partial charge >= 0.3 is 0 Å². The van der Waals surface area contributed by atoms with Crippen LogP contribution in [0.5, 0.6) is 0 Å². The Kier molecular flexibility index (Phi) is 29.3. The third-order valence-electron chi connectivity index (χ3n) is 23.6. The van der Waals surface area contributed by atoms with Crippen molar-refractivity contribution in [2.45, 2.75) is 238 Å². The molecule has 1 radical (unpaired) electrons. The number of unbranched alkanes of at least 4 members (excludes halogenated alkanes) is 6. The Morgan fingerprint density at radius 3 is 0.783 bits per heavy atom. The molecule has 2 heterocycles. The van der Waals surface area contributed by atoms with Crippen molar-refractivity contribution < 1.29 is 39.9 Å². The van der Waals surface area contributed by atoms with Crippen LogP contribution >= 0.6 is 0 Å². The molecule has 623 valence electrons. The molecule has 0 atom stereocenters. The van der Waals surface area contributed by atoms with Crippen molar-refractivity contribution in [2.24, 2.45) is 0 Å². The molecule has 0 amide bonds. The van der Waals surface area contributed by atoms with Crippen molar-refractivity contribution in [3.63, 3.8) is 0 Å². The Balaban J connectivity index is 0.000000231. The molecule has 14 rings (SSSR count). The predicted molar refractivity (Wildman–Crippen MR) is 508 cm³/mol. The van der Waals surface area contributed by atoms with Crippen LogP contribution in [0.1, 0.15) is 226 Å². The zero-order valence-corrected chi connectivity index (χ0v) is 78.8. The van der Waals surface area contributed by atoms with Crippen LogP contribution in [0.3, 0.4) is 0 Å². The first kappa shape index (κ1) is 91.1. The van der Waals surface area contributed by atoms with Crippen molar-refractivity contribution in [3.05, 3.63) is 333 Å². The van der Waals surface area contributed by atoms with Crippen LogP contribution in [0.4, 0.5) is 0 Å². The maximum Gasteiger partial charge on any atom is 0.0772 e. The van der Waals surface area contributed by atoms with Gasteiger partial charge in [-0.25, -0.2) is 0 Å². The van der Waals surface area contributed by atoms with Crippen LogP contribution in [0.15, 0.2) is 243 Å². The number of rotatable bonds is 22. The average Bonchev–Trinajstić information content (AvgIpc) is 1.11.